The summed E-state index contributed by atoms with van der Waals surface area (Å²) in [5.41, 5.74) is 7.27. The van der Waals surface area contributed by atoms with Crippen LogP contribution in [0.1, 0.15) is 17.3 Å². The molecule has 2 aromatic rings. The molecule has 3 N–H and O–H groups in total. The predicted octanol–water partition coefficient (Wildman–Crippen LogP) is 2.49. The van der Waals surface area contributed by atoms with Crippen molar-refractivity contribution in [2.45, 2.75) is 6.04 Å². The van der Waals surface area contributed by atoms with Crippen molar-refractivity contribution in [1.82, 2.24) is 4.98 Å². The van der Waals surface area contributed by atoms with Gasteiger partial charge in [0.05, 0.1) is 11.7 Å². The quantitative estimate of drug-likeness (QED) is 0.839. The van der Waals surface area contributed by atoms with Crippen LogP contribution < -0.4 is 5.73 Å². The standard InChI is InChI=1S/C12H11ClN2O/c13-8-4-5-11(16)9(7-8)12(14)10-3-1-2-6-15-10/h1-7,12,16H,14H2. The number of phenolic OH excluding ortho intramolecular Hbond substituents is 1. The average Bonchev–Trinajstić information content (AvgIpc) is 2.32. The Labute approximate surface area is 98.5 Å². The molecule has 0 spiro atoms. The van der Waals surface area contributed by atoms with E-state index in [0.29, 0.717) is 16.3 Å². The normalized spacial score (nSPS) is 12.4. The van der Waals surface area contributed by atoms with Gasteiger partial charge in [-0.25, -0.2) is 0 Å². The fourth-order valence-corrected chi connectivity index (χ4v) is 1.67. The van der Waals surface area contributed by atoms with Crippen LogP contribution in [-0.4, -0.2) is 10.1 Å². The SMILES string of the molecule is NC(c1ccccn1)c1cc(Cl)ccc1O. The largest absolute Gasteiger partial charge is 0.508 e. The van der Waals surface area contributed by atoms with Crippen molar-refractivity contribution in [2.75, 3.05) is 0 Å². The first-order valence-electron chi connectivity index (χ1n) is 4.83. The van der Waals surface area contributed by atoms with Crippen molar-refractivity contribution < 1.29 is 5.11 Å². The Morgan fingerprint density at radius 1 is 1.25 bits per heavy atom. The number of pyridine rings is 1. The van der Waals surface area contributed by atoms with Crippen LogP contribution >= 0.6 is 11.6 Å². The van der Waals surface area contributed by atoms with Crippen molar-refractivity contribution in [3.05, 3.63) is 58.9 Å². The lowest BCUT2D eigenvalue weighted by molar-refractivity contribution is 0.465. The van der Waals surface area contributed by atoms with Crippen LogP contribution in [0.4, 0.5) is 0 Å². The molecule has 0 aliphatic rings. The summed E-state index contributed by atoms with van der Waals surface area (Å²) in [6.07, 6.45) is 1.66. The van der Waals surface area contributed by atoms with E-state index >= 15 is 0 Å². The van der Waals surface area contributed by atoms with Crippen LogP contribution in [0, 0.1) is 0 Å². The van der Waals surface area contributed by atoms with Crippen molar-refractivity contribution in [1.29, 1.82) is 0 Å². The molecular weight excluding hydrogens is 224 g/mol. The van der Waals surface area contributed by atoms with Gasteiger partial charge < -0.3 is 10.8 Å². The zero-order valence-corrected chi connectivity index (χ0v) is 9.22. The third kappa shape index (κ3) is 2.15. The summed E-state index contributed by atoms with van der Waals surface area (Å²) in [6.45, 7) is 0. The zero-order chi connectivity index (χ0) is 11.5. The third-order valence-corrected chi connectivity index (χ3v) is 2.57. The van der Waals surface area contributed by atoms with Crippen LogP contribution in [0.15, 0.2) is 42.6 Å². The van der Waals surface area contributed by atoms with E-state index in [0.717, 1.165) is 0 Å². The van der Waals surface area contributed by atoms with Crippen molar-refractivity contribution in [3.8, 4) is 5.75 Å². The molecule has 0 saturated heterocycles. The topological polar surface area (TPSA) is 59.1 Å². The fourth-order valence-electron chi connectivity index (χ4n) is 1.49. The second kappa shape index (κ2) is 4.51. The van der Waals surface area contributed by atoms with E-state index in [1.807, 2.05) is 18.2 Å². The second-order valence-corrected chi connectivity index (χ2v) is 3.87. The van der Waals surface area contributed by atoms with E-state index in [4.69, 9.17) is 17.3 Å². The minimum absolute atomic E-state index is 0.127. The van der Waals surface area contributed by atoms with Gasteiger partial charge in [0.25, 0.3) is 0 Å². The molecule has 0 fully saturated rings. The zero-order valence-electron chi connectivity index (χ0n) is 8.47. The molecular formula is C12H11ClN2O. The van der Waals surface area contributed by atoms with Crippen LogP contribution in [0.5, 0.6) is 5.75 Å². The van der Waals surface area contributed by atoms with Crippen molar-refractivity contribution >= 4 is 11.6 Å². The molecule has 1 aromatic heterocycles. The molecule has 0 amide bonds. The van der Waals surface area contributed by atoms with Gasteiger partial charge >= 0.3 is 0 Å². The monoisotopic (exact) mass is 234 g/mol. The van der Waals surface area contributed by atoms with Crippen molar-refractivity contribution in [3.63, 3.8) is 0 Å². The Balaban J connectivity index is 2.41. The van der Waals surface area contributed by atoms with E-state index in [1.165, 1.54) is 6.07 Å². The molecule has 1 aromatic carbocycles. The first-order chi connectivity index (χ1) is 7.68. The molecule has 16 heavy (non-hydrogen) atoms. The highest BCUT2D eigenvalue weighted by Crippen LogP contribution is 2.28. The van der Waals surface area contributed by atoms with Gasteiger partial charge in [0.1, 0.15) is 5.75 Å². The smallest absolute Gasteiger partial charge is 0.120 e. The lowest BCUT2D eigenvalue weighted by Gasteiger charge is -2.13. The number of nitrogens with zero attached hydrogens (tertiary/aromatic N) is 1. The van der Waals surface area contributed by atoms with Gasteiger partial charge in [-0.3, -0.25) is 4.98 Å². The number of benzene rings is 1. The summed E-state index contributed by atoms with van der Waals surface area (Å²) in [4.78, 5) is 4.15. The molecule has 1 atom stereocenters. The maximum absolute atomic E-state index is 9.70. The van der Waals surface area contributed by atoms with Crippen LogP contribution in [0.25, 0.3) is 0 Å². The molecule has 0 bridgehead atoms. The molecule has 0 saturated carbocycles. The molecule has 1 unspecified atom stereocenters. The summed E-state index contributed by atoms with van der Waals surface area (Å²) >= 11 is 5.86. The van der Waals surface area contributed by atoms with Crippen LogP contribution in [0.2, 0.25) is 5.02 Å². The van der Waals surface area contributed by atoms with Gasteiger partial charge in [-0.15, -0.1) is 0 Å². The number of aromatic nitrogens is 1. The summed E-state index contributed by atoms with van der Waals surface area (Å²) in [5, 5.41) is 10.2. The number of hydrogen-bond acceptors (Lipinski definition) is 3. The van der Waals surface area contributed by atoms with E-state index in [9.17, 15) is 5.11 Å². The molecule has 82 valence electrons. The second-order valence-electron chi connectivity index (χ2n) is 3.44. The fraction of sp³-hybridized carbons (Fsp3) is 0.0833. The number of phenols is 1. The molecule has 1 heterocycles. The van der Waals surface area contributed by atoms with E-state index in [1.54, 1.807) is 18.3 Å². The Bertz CT molecular complexity index is 488. The van der Waals surface area contributed by atoms with Crippen LogP contribution in [-0.2, 0) is 0 Å². The summed E-state index contributed by atoms with van der Waals surface area (Å²) in [6, 6.07) is 9.80. The summed E-state index contributed by atoms with van der Waals surface area (Å²) in [7, 11) is 0. The van der Waals surface area contributed by atoms with Gasteiger partial charge in [0.15, 0.2) is 0 Å². The number of aromatic hydroxyl groups is 1. The molecule has 0 aliphatic heterocycles. The van der Waals surface area contributed by atoms with E-state index < -0.39 is 6.04 Å². The molecule has 0 radical (unpaired) electrons. The van der Waals surface area contributed by atoms with Gasteiger partial charge in [-0.05, 0) is 30.3 Å². The molecule has 4 heteroatoms. The number of rotatable bonds is 2. The highest BCUT2D eigenvalue weighted by Gasteiger charge is 2.14. The van der Waals surface area contributed by atoms with Gasteiger partial charge in [0, 0.05) is 16.8 Å². The first-order valence-corrected chi connectivity index (χ1v) is 5.21. The minimum Gasteiger partial charge on any atom is -0.508 e. The Kier molecular flexibility index (Phi) is 3.08. The predicted molar refractivity (Wildman–Crippen MR) is 63.4 cm³/mol. The Hall–Kier alpha value is -1.58. The maximum Gasteiger partial charge on any atom is 0.120 e. The lowest BCUT2D eigenvalue weighted by atomic mass is 10.0. The molecule has 3 nitrogen and oxygen atoms in total. The maximum atomic E-state index is 9.70. The minimum atomic E-state index is -0.472. The van der Waals surface area contributed by atoms with Gasteiger partial charge in [-0.2, -0.15) is 0 Å². The van der Waals surface area contributed by atoms with E-state index in [-0.39, 0.29) is 5.75 Å². The highest BCUT2D eigenvalue weighted by molar-refractivity contribution is 6.30. The summed E-state index contributed by atoms with van der Waals surface area (Å²) < 4.78 is 0. The van der Waals surface area contributed by atoms with Gasteiger partial charge in [-0.1, -0.05) is 17.7 Å². The molecule has 2 rings (SSSR count). The number of hydrogen-bond donors (Lipinski definition) is 2. The third-order valence-electron chi connectivity index (χ3n) is 2.33. The highest BCUT2D eigenvalue weighted by atomic mass is 35.5. The van der Waals surface area contributed by atoms with Crippen molar-refractivity contribution in [2.24, 2.45) is 5.73 Å². The van der Waals surface area contributed by atoms with Gasteiger partial charge in [0.2, 0.25) is 0 Å². The number of nitrogens with two attached hydrogens (primary N) is 1. The number of halogens is 1. The Morgan fingerprint density at radius 3 is 2.75 bits per heavy atom. The first kappa shape index (κ1) is 10.9. The summed E-state index contributed by atoms with van der Waals surface area (Å²) in [5.74, 6) is 0.127. The average molecular weight is 235 g/mol. The molecule has 0 aliphatic carbocycles. The Morgan fingerprint density at radius 2 is 2.06 bits per heavy atom. The van der Waals surface area contributed by atoms with Crippen LogP contribution in [0.3, 0.4) is 0 Å². The van der Waals surface area contributed by atoms with E-state index in [2.05, 4.69) is 4.98 Å². The lowest BCUT2D eigenvalue weighted by Crippen LogP contribution is -2.13.